The standard InChI is InChI=1S/C23H19.C17H15.C2H7Si.2ClH.Zr/c1-16-8-6-9-17(2)23(16)20-14-19-12-7-13-21(22(19)15-20)18-10-4-3-5-11-18;1-12-10-16-13(2)8-9-15(17(16)11-12)14-6-4-3-5-7-14;1-3-2;;;/h3-15H,1-2H3;3-11H,1-2H3;3H,1-2H3;2*1H;/q;;;;;+2/p-2. The molecule has 2 aliphatic carbocycles. The number of hydrogen-bond acceptors (Lipinski definition) is 0. The normalized spacial score (nSPS) is 18.1. The van der Waals surface area contributed by atoms with Crippen LogP contribution in [0.25, 0.3) is 40.0 Å². The van der Waals surface area contributed by atoms with Gasteiger partial charge in [-0.25, -0.2) is 0 Å². The van der Waals surface area contributed by atoms with Gasteiger partial charge in [0.1, 0.15) is 0 Å². The summed E-state index contributed by atoms with van der Waals surface area (Å²) in [6.07, 6.45) is 4.89. The van der Waals surface area contributed by atoms with Crippen molar-refractivity contribution in [1.29, 1.82) is 0 Å². The van der Waals surface area contributed by atoms with Crippen LogP contribution in [0.3, 0.4) is 0 Å². The van der Waals surface area contributed by atoms with Gasteiger partial charge < -0.3 is 0 Å². The number of allylic oxidation sites excluding steroid dienone is 2. The molecule has 0 fully saturated rings. The Labute approximate surface area is 283 Å². The van der Waals surface area contributed by atoms with Gasteiger partial charge in [0.25, 0.3) is 0 Å². The molecule has 0 radical (unpaired) electrons. The van der Waals surface area contributed by atoms with E-state index in [4.69, 9.17) is 17.0 Å². The zero-order chi connectivity index (χ0) is 32.4. The van der Waals surface area contributed by atoms with Crippen molar-refractivity contribution in [3.63, 3.8) is 0 Å². The Morgan fingerprint density at radius 2 is 1.11 bits per heavy atom. The summed E-state index contributed by atoms with van der Waals surface area (Å²) < 4.78 is 0.0214. The second kappa shape index (κ2) is 11.7. The average Bonchev–Trinajstić information content (AvgIpc) is 3.62. The van der Waals surface area contributed by atoms with E-state index in [1.165, 1.54) is 77.9 Å². The third-order valence-electron chi connectivity index (χ3n) is 10.8. The van der Waals surface area contributed by atoms with Gasteiger partial charge in [0, 0.05) is 0 Å². The molecule has 0 aliphatic heterocycles. The third kappa shape index (κ3) is 4.78. The molecule has 5 aromatic carbocycles. The first-order valence-electron chi connectivity index (χ1n) is 16.4. The quantitative estimate of drug-likeness (QED) is 0.152. The minimum absolute atomic E-state index is 0.0195. The summed E-state index contributed by atoms with van der Waals surface area (Å²) in [4.78, 5) is 0. The van der Waals surface area contributed by atoms with E-state index in [2.05, 4.69) is 162 Å². The molecule has 0 saturated carbocycles. The summed E-state index contributed by atoms with van der Waals surface area (Å²) >= 11 is -4.98. The SMILES string of the molecule is CC1=Cc2c(-c3ccccc3)ccc(C)c2[CH]1[Zr]([Cl])([Cl])([CH]1C(c2c(C)cccc2C)=Cc2c(-c3ccccc3)cccc21)[SiH](C)C. The molecule has 4 heteroatoms. The molecule has 0 aromatic heterocycles. The molecule has 2 atom stereocenters. The van der Waals surface area contributed by atoms with Gasteiger partial charge in [0.15, 0.2) is 0 Å². The predicted octanol–water partition coefficient (Wildman–Crippen LogP) is 12.7. The first kappa shape index (κ1) is 31.8. The van der Waals surface area contributed by atoms with Gasteiger partial charge in [-0.05, 0) is 0 Å². The second-order valence-corrected chi connectivity index (χ2v) is 56.3. The van der Waals surface area contributed by atoms with Gasteiger partial charge in [-0.1, -0.05) is 0 Å². The van der Waals surface area contributed by atoms with E-state index < -0.39 is 21.5 Å². The number of benzene rings is 5. The van der Waals surface area contributed by atoms with Crippen molar-refractivity contribution in [1.82, 2.24) is 0 Å². The molecule has 0 saturated heterocycles. The van der Waals surface area contributed by atoms with Crippen molar-refractivity contribution in [2.24, 2.45) is 0 Å². The summed E-state index contributed by atoms with van der Waals surface area (Å²) in [5.74, 6) is -1.71. The molecular formula is C42H41Cl2SiZr. The van der Waals surface area contributed by atoms with E-state index >= 15 is 0 Å². The van der Waals surface area contributed by atoms with Gasteiger partial charge >= 0.3 is 286 Å². The molecule has 2 unspecified atom stereocenters. The molecule has 0 heterocycles. The van der Waals surface area contributed by atoms with Crippen LogP contribution in [-0.4, -0.2) is 5.92 Å². The fourth-order valence-electron chi connectivity index (χ4n) is 8.59. The Kier molecular flexibility index (Phi) is 8.13. The number of halogens is 2. The molecule has 0 N–H and O–H groups in total. The summed E-state index contributed by atoms with van der Waals surface area (Å²) in [5.41, 5.74) is 18.1. The van der Waals surface area contributed by atoms with Crippen LogP contribution in [0, 0.1) is 20.8 Å². The maximum absolute atomic E-state index is 8.77. The van der Waals surface area contributed by atoms with Crippen molar-refractivity contribution in [2.75, 3.05) is 0 Å². The van der Waals surface area contributed by atoms with Crippen molar-refractivity contribution < 1.29 is 15.6 Å². The molecule has 46 heavy (non-hydrogen) atoms. The second-order valence-electron chi connectivity index (χ2n) is 13.8. The molecule has 0 spiro atoms. The van der Waals surface area contributed by atoms with Crippen LogP contribution < -0.4 is 0 Å². The van der Waals surface area contributed by atoms with E-state index in [9.17, 15) is 0 Å². The van der Waals surface area contributed by atoms with Crippen LogP contribution in [0.4, 0.5) is 0 Å². The maximum atomic E-state index is 8.77. The van der Waals surface area contributed by atoms with Crippen LogP contribution in [0.5, 0.6) is 0 Å². The van der Waals surface area contributed by atoms with Crippen molar-refractivity contribution in [3.8, 4) is 22.3 Å². The number of hydrogen-bond donors (Lipinski definition) is 0. The Balaban J connectivity index is 1.54. The third-order valence-corrected chi connectivity index (χ3v) is 62.7. The first-order chi connectivity index (χ1) is 22.0. The van der Waals surface area contributed by atoms with E-state index in [0.717, 1.165) is 0 Å². The molecule has 5 aromatic rings. The first-order valence-corrected chi connectivity index (χ1v) is 32.7. The number of aryl methyl sites for hydroxylation is 3. The zero-order valence-electron chi connectivity index (χ0n) is 27.5. The molecule has 2 aliphatic rings. The molecule has 231 valence electrons. The van der Waals surface area contributed by atoms with Crippen molar-refractivity contribution >= 4 is 40.7 Å². The topological polar surface area (TPSA) is 0 Å². The van der Waals surface area contributed by atoms with Crippen molar-refractivity contribution in [3.05, 3.63) is 159 Å². The monoisotopic (exact) mass is 733 g/mol. The number of rotatable bonds is 6. The van der Waals surface area contributed by atoms with E-state index in [1.807, 2.05) is 0 Å². The van der Waals surface area contributed by atoms with Crippen LogP contribution in [0.2, 0.25) is 13.1 Å². The number of fused-ring (bicyclic) bond motifs is 2. The average molecular weight is 736 g/mol. The van der Waals surface area contributed by atoms with Gasteiger partial charge in [0.2, 0.25) is 0 Å². The zero-order valence-corrected chi connectivity index (χ0v) is 32.7. The predicted molar refractivity (Wildman–Crippen MR) is 202 cm³/mol. The van der Waals surface area contributed by atoms with E-state index in [0.29, 0.717) is 0 Å². The summed E-state index contributed by atoms with van der Waals surface area (Å²) in [7, 11) is 17.5. The Bertz CT molecular complexity index is 2040. The van der Waals surface area contributed by atoms with E-state index in [1.54, 1.807) is 0 Å². The summed E-state index contributed by atoms with van der Waals surface area (Å²) in [6, 6.07) is 39.6. The van der Waals surface area contributed by atoms with E-state index in [-0.39, 0.29) is 7.25 Å². The molecule has 0 bridgehead atoms. The molecule has 0 amide bonds. The van der Waals surface area contributed by atoms with Gasteiger partial charge in [-0.3, -0.25) is 0 Å². The Hall–Kier alpha value is -2.74. The fraction of sp³-hybridized carbons (Fsp3) is 0.190. The Morgan fingerprint density at radius 1 is 0.543 bits per heavy atom. The minimum atomic E-state index is -4.98. The molecule has 0 nitrogen and oxygen atoms in total. The fourth-order valence-corrected chi connectivity index (χ4v) is 40.1. The van der Waals surface area contributed by atoms with Crippen LogP contribution in [0.15, 0.2) is 115 Å². The van der Waals surface area contributed by atoms with Crippen molar-refractivity contribution in [2.45, 2.75) is 48.0 Å². The summed E-state index contributed by atoms with van der Waals surface area (Å²) in [5, 5.41) is 0. The van der Waals surface area contributed by atoms with Gasteiger partial charge in [-0.15, -0.1) is 0 Å². The van der Waals surface area contributed by atoms with Crippen LogP contribution in [0.1, 0.15) is 58.7 Å². The molecule has 7 rings (SSSR count). The van der Waals surface area contributed by atoms with Crippen LogP contribution in [-0.2, 0) is 15.6 Å². The van der Waals surface area contributed by atoms with Gasteiger partial charge in [-0.2, -0.15) is 0 Å². The Morgan fingerprint density at radius 3 is 1.70 bits per heavy atom. The molecular weight excluding hydrogens is 695 g/mol. The summed E-state index contributed by atoms with van der Waals surface area (Å²) in [6.45, 7) is 13.9. The van der Waals surface area contributed by atoms with Gasteiger partial charge in [0.05, 0.1) is 0 Å². The van der Waals surface area contributed by atoms with Crippen LogP contribution >= 0.6 is 17.0 Å².